The van der Waals surface area contributed by atoms with Crippen molar-refractivity contribution in [3.63, 3.8) is 0 Å². The van der Waals surface area contributed by atoms with E-state index in [9.17, 15) is 4.79 Å². The summed E-state index contributed by atoms with van der Waals surface area (Å²) in [4.78, 5) is 19.1. The molecule has 25 heavy (non-hydrogen) atoms. The van der Waals surface area contributed by atoms with Crippen molar-refractivity contribution < 1.29 is 9.53 Å². The number of hydrogen-bond acceptors (Lipinski definition) is 5. The molecule has 1 aliphatic rings. The highest BCUT2D eigenvalue weighted by molar-refractivity contribution is 7.09. The summed E-state index contributed by atoms with van der Waals surface area (Å²) in [6.45, 7) is 5.09. The molecule has 6 heteroatoms. The van der Waals surface area contributed by atoms with Crippen LogP contribution in [0.15, 0.2) is 29.6 Å². The van der Waals surface area contributed by atoms with E-state index < -0.39 is 0 Å². The molecule has 3 rings (SSSR count). The van der Waals surface area contributed by atoms with Gasteiger partial charge in [0.25, 0.3) is 0 Å². The number of likely N-dealkylation sites (N-methyl/N-ethyl adjacent to an activating group) is 1. The quantitative estimate of drug-likeness (QED) is 0.713. The SMILES string of the molecule is CCN1CCCC(OC(=O)Cc2csc(Cc3cccc(Cl)c3)n2)C1. The number of hydrogen-bond donors (Lipinski definition) is 0. The number of piperidine rings is 1. The van der Waals surface area contributed by atoms with Crippen molar-refractivity contribution in [2.24, 2.45) is 0 Å². The first kappa shape index (κ1) is 18.4. The Morgan fingerprint density at radius 1 is 1.48 bits per heavy atom. The second-order valence-corrected chi connectivity index (χ2v) is 7.74. The summed E-state index contributed by atoms with van der Waals surface area (Å²) in [5, 5.41) is 3.66. The van der Waals surface area contributed by atoms with E-state index in [0.29, 0.717) is 0 Å². The Bertz CT molecular complexity index is 719. The molecule has 134 valence electrons. The Hall–Kier alpha value is -1.43. The molecule has 0 aliphatic carbocycles. The molecule has 0 amide bonds. The van der Waals surface area contributed by atoms with Gasteiger partial charge in [-0.15, -0.1) is 11.3 Å². The maximum Gasteiger partial charge on any atom is 0.312 e. The second-order valence-electron chi connectivity index (χ2n) is 6.36. The van der Waals surface area contributed by atoms with Crippen molar-refractivity contribution in [2.45, 2.75) is 38.7 Å². The van der Waals surface area contributed by atoms with E-state index in [0.717, 1.165) is 60.2 Å². The van der Waals surface area contributed by atoms with E-state index in [1.165, 1.54) is 0 Å². The van der Waals surface area contributed by atoms with Gasteiger partial charge in [0.05, 0.1) is 17.1 Å². The largest absolute Gasteiger partial charge is 0.461 e. The highest BCUT2D eigenvalue weighted by Gasteiger charge is 2.22. The van der Waals surface area contributed by atoms with Crippen LogP contribution >= 0.6 is 22.9 Å². The maximum atomic E-state index is 12.2. The molecule has 0 N–H and O–H groups in total. The van der Waals surface area contributed by atoms with Crippen LogP contribution in [0.5, 0.6) is 0 Å². The first-order valence-corrected chi connectivity index (χ1v) is 9.97. The standard InChI is InChI=1S/C19H23ClN2O2S/c1-2-22-8-4-7-17(12-22)24-19(23)11-16-13-25-18(21-16)10-14-5-3-6-15(20)9-14/h3,5-6,9,13,17H,2,4,7-8,10-12H2,1H3. The van der Waals surface area contributed by atoms with Gasteiger partial charge >= 0.3 is 5.97 Å². The normalized spacial score (nSPS) is 18.2. The van der Waals surface area contributed by atoms with Crippen LogP contribution in [0, 0.1) is 0 Å². The topological polar surface area (TPSA) is 42.4 Å². The van der Waals surface area contributed by atoms with Crippen LogP contribution in [-0.2, 0) is 22.4 Å². The summed E-state index contributed by atoms with van der Waals surface area (Å²) in [7, 11) is 0. The van der Waals surface area contributed by atoms with Gasteiger partial charge in [-0.2, -0.15) is 0 Å². The van der Waals surface area contributed by atoms with Crippen molar-refractivity contribution in [2.75, 3.05) is 19.6 Å². The molecular weight excluding hydrogens is 356 g/mol. The Morgan fingerprint density at radius 2 is 2.36 bits per heavy atom. The summed E-state index contributed by atoms with van der Waals surface area (Å²) in [6.07, 6.45) is 3.04. The van der Waals surface area contributed by atoms with Gasteiger partial charge in [-0.05, 0) is 43.6 Å². The molecular formula is C19H23ClN2O2S. The van der Waals surface area contributed by atoms with Gasteiger partial charge in [0, 0.05) is 23.4 Å². The lowest BCUT2D eigenvalue weighted by atomic mass is 10.1. The minimum Gasteiger partial charge on any atom is -0.461 e. The van der Waals surface area contributed by atoms with Gasteiger partial charge in [-0.1, -0.05) is 30.7 Å². The van der Waals surface area contributed by atoms with E-state index in [1.807, 2.05) is 29.6 Å². The molecule has 1 aromatic carbocycles. The number of nitrogens with zero attached hydrogens (tertiary/aromatic N) is 2. The van der Waals surface area contributed by atoms with Gasteiger partial charge in [0.2, 0.25) is 0 Å². The predicted molar refractivity (Wildman–Crippen MR) is 101 cm³/mol. The Morgan fingerprint density at radius 3 is 3.16 bits per heavy atom. The van der Waals surface area contributed by atoms with Crippen LogP contribution in [0.2, 0.25) is 5.02 Å². The number of esters is 1. The number of ether oxygens (including phenoxy) is 1. The molecule has 0 bridgehead atoms. The molecule has 1 unspecified atom stereocenters. The van der Waals surface area contributed by atoms with E-state index in [4.69, 9.17) is 16.3 Å². The lowest BCUT2D eigenvalue weighted by molar-refractivity contribution is -0.150. The van der Waals surface area contributed by atoms with Crippen LogP contribution in [-0.4, -0.2) is 41.6 Å². The number of likely N-dealkylation sites (tertiary alicyclic amines) is 1. The molecule has 4 nitrogen and oxygen atoms in total. The molecule has 0 spiro atoms. The summed E-state index contributed by atoms with van der Waals surface area (Å²) >= 11 is 7.59. The van der Waals surface area contributed by atoms with Crippen LogP contribution in [0.25, 0.3) is 0 Å². The van der Waals surface area contributed by atoms with Crippen LogP contribution in [0.3, 0.4) is 0 Å². The number of carbonyl (C=O) groups excluding carboxylic acids is 1. The average Bonchev–Trinajstić information content (AvgIpc) is 3.01. The third kappa shape index (κ3) is 5.53. The fourth-order valence-electron chi connectivity index (χ4n) is 3.10. The molecule has 1 aromatic heterocycles. The number of thiazole rings is 1. The zero-order chi connectivity index (χ0) is 17.6. The van der Waals surface area contributed by atoms with Gasteiger partial charge in [0.15, 0.2) is 0 Å². The Labute approximate surface area is 157 Å². The molecule has 0 radical (unpaired) electrons. The molecule has 1 fully saturated rings. The number of halogens is 1. The summed E-state index contributed by atoms with van der Waals surface area (Å²) < 4.78 is 5.64. The third-order valence-corrected chi connectivity index (χ3v) is 5.51. The van der Waals surface area contributed by atoms with Crippen molar-refractivity contribution in [3.8, 4) is 0 Å². The molecule has 2 heterocycles. The lowest BCUT2D eigenvalue weighted by Gasteiger charge is -2.31. The molecule has 1 saturated heterocycles. The number of carbonyl (C=O) groups is 1. The van der Waals surface area contributed by atoms with Crippen LogP contribution in [0.1, 0.15) is 36.0 Å². The van der Waals surface area contributed by atoms with Crippen molar-refractivity contribution in [3.05, 3.63) is 50.9 Å². The molecule has 0 saturated carbocycles. The average molecular weight is 379 g/mol. The molecule has 1 atom stereocenters. The van der Waals surface area contributed by atoms with E-state index in [2.05, 4.69) is 16.8 Å². The fourth-order valence-corrected chi connectivity index (χ4v) is 4.15. The van der Waals surface area contributed by atoms with E-state index in [1.54, 1.807) is 11.3 Å². The van der Waals surface area contributed by atoms with Crippen LogP contribution in [0.4, 0.5) is 0 Å². The van der Waals surface area contributed by atoms with Gasteiger partial charge in [0.1, 0.15) is 6.10 Å². The van der Waals surface area contributed by atoms with Crippen molar-refractivity contribution in [1.29, 1.82) is 0 Å². The van der Waals surface area contributed by atoms with Crippen molar-refractivity contribution in [1.82, 2.24) is 9.88 Å². The lowest BCUT2D eigenvalue weighted by Crippen LogP contribution is -2.40. The minimum absolute atomic E-state index is 0.0192. The van der Waals surface area contributed by atoms with Crippen LogP contribution < -0.4 is 0 Å². The number of benzene rings is 1. The summed E-state index contributed by atoms with van der Waals surface area (Å²) in [5.74, 6) is -0.178. The number of aromatic nitrogens is 1. The van der Waals surface area contributed by atoms with E-state index >= 15 is 0 Å². The van der Waals surface area contributed by atoms with Gasteiger partial charge in [-0.25, -0.2) is 4.98 Å². The minimum atomic E-state index is -0.178. The molecule has 1 aliphatic heterocycles. The second kappa shape index (κ2) is 8.79. The first-order chi connectivity index (χ1) is 12.1. The van der Waals surface area contributed by atoms with Gasteiger partial charge in [-0.3, -0.25) is 9.69 Å². The highest BCUT2D eigenvalue weighted by atomic mass is 35.5. The molecule has 2 aromatic rings. The Balaban J connectivity index is 1.51. The van der Waals surface area contributed by atoms with Gasteiger partial charge < -0.3 is 4.74 Å². The monoisotopic (exact) mass is 378 g/mol. The maximum absolute atomic E-state index is 12.2. The fraction of sp³-hybridized carbons (Fsp3) is 0.474. The Kier molecular flexibility index (Phi) is 6.45. The zero-order valence-electron chi connectivity index (χ0n) is 14.4. The third-order valence-electron chi connectivity index (χ3n) is 4.38. The smallest absolute Gasteiger partial charge is 0.312 e. The van der Waals surface area contributed by atoms with E-state index in [-0.39, 0.29) is 18.5 Å². The number of rotatable bonds is 6. The zero-order valence-corrected chi connectivity index (χ0v) is 16.0. The van der Waals surface area contributed by atoms with Crippen molar-refractivity contribution >= 4 is 28.9 Å². The predicted octanol–water partition coefficient (Wildman–Crippen LogP) is 3.96. The summed E-state index contributed by atoms with van der Waals surface area (Å²) in [6, 6.07) is 7.77. The highest BCUT2D eigenvalue weighted by Crippen LogP contribution is 2.19. The first-order valence-electron chi connectivity index (χ1n) is 8.72. The summed E-state index contributed by atoms with van der Waals surface area (Å²) in [5.41, 5.74) is 1.91.